The lowest BCUT2D eigenvalue weighted by molar-refractivity contribution is -0.118. The van der Waals surface area contributed by atoms with Gasteiger partial charge in [0.2, 0.25) is 12.7 Å². The third kappa shape index (κ3) is 5.71. The number of amides is 1. The predicted molar refractivity (Wildman–Crippen MR) is 135 cm³/mol. The van der Waals surface area contributed by atoms with Gasteiger partial charge in [-0.15, -0.1) is 0 Å². The van der Waals surface area contributed by atoms with E-state index in [1.165, 1.54) is 11.8 Å². The zero-order valence-corrected chi connectivity index (χ0v) is 20.3. The maximum absolute atomic E-state index is 12.4. The number of hydrogen-bond donors (Lipinski definition) is 1. The van der Waals surface area contributed by atoms with Crippen molar-refractivity contribution in [2.75, 3.05) is 55.6 Å². The predicted octanol–water partition coefficient (Wildman–Crippen LogP) is 2.95. The Labute approximate surface area is 208 Å². The lowest BCUT2D eigenvalue weighted by Gasteiger charge is -2.36. The van der Waals surface area contributed by atoms with Crippen LogP contribution in [-0.2, 0) is 11.3 Å². The van der Waals surface area contributed by atoms with Crippen LogP contribution in [0.3, 0.4) is 0 Å². The van der Waals surface area contributed by atoms with Crippen molar-refractivity contribution in [1.82, 2.24) is 15.3 Å². The van der Waals surface area contributed by atoms with Crippen LogP contribution in [0, 0.1) is 0 Å². The Morgan fingerprint density at radius 1 is 1.03 bits per heavy atom. The first-order chi connectivity index (χ1) is 17.2. The molecule has 0 radical (unpaired) electrons. The van der Waals surface area contributed by atoms with Crippen LogP contribution in [0.5, 0.6) is 17.2 Å². The van der Waals surface area contributed by atoms with E-state index in [0.29, 0.717) is 12.3 Å². The third-order valence-electron chi connectivity index (χ3n) is 5.93. The maximum atomic E-state index is 12.4. The summed E-state index contributed by atoms with van der Waals surface area (Å²) in [6.07, 6.45) is 1.57. The van der Waals surface area contributed by atoms with Gasteiger partial charge in [0.25, 0.3) is 0 Å². The normalized spacial score (nSPS) is 14.7. The van der Waals surface area contributed by atoms with Crippen molar-refractivity contribution < 1.29 is 19.0 Å². The molecule has 1 saturated heterocycles. The second-order valence-electron chi connectivity index (χ2n) is 8.14. The average Bonchev–Trinajstić information content (AvgIpc) is 3.39. The smallest absolute Gasteiger partial charge is 0.231 e. The first-order valence-corrected chi connectivity index (χ1v) is 12.4. The maximum Gasteiger partial charge on any atom is 0.231 e. The second-order valence-corrected chi connectivity index (χ2v) is 9.14. The lowest BCUT2D eigenvalue weighted by atomic mass is 10.2. The van der Waals surface area contributed by atoms with Crippen LogP contribution in [0.1, 0.15) is 5.56 Å². The molecule has 182 valence electrons. The first-order valence-electron chi connectivity index (χ1n) is 11.4. The Morgan fingerprint density at radius 3 is 2.71 bits per heavy atom. The van der Waals surface area contributed by atoms with Gasteiger partial charge in [-0.2, -0.15) is 0 Å². The zero-order valence-electron chi connectivity index (χ0n) is 19.5. The summed E-state index contributed by atoms with van der Waals surface area (Å²) >= 11 is 1.40. The fraction of sp³-hybridized carbons (Fsp3) is 0.320. The molecule has 1 amide bonds. The summed E-state index contributed by atoms with van der Waals surface area (Å²) < 4.78 is 16.1. The van der Waals surface area contributed by atoms with E-state index in [2.05, 4.69) is 37.2 Å². The summed E-state index contributed by atoms with van der Waals surface area (Å²) in [5, 5.41) is 3.72. The number of fused-ring (bicyclic) bond motifs is 1. The quantitative estimate of drug-likeness (QED) is 0.376. The van der Waals surface area contributed by atoms with E-state index in [1.54, 1.807) is 13.4 Å². The number of anilines is 2. The fourth-order valence-corrected chi connectivity index (χ4v) is 4.72. The molecule has 2 aromatic carbocycles. The molecular formula is C25H27N5O4S. The van der Waals surface area contributed by atoms with Gasteiger partial charge in [-0.3, -0.25) is 4.79 Å². The Morgan fingerprint density at radius 2 is 1.86 bits per heavy atom. The van der Waals surface area contributed by atoms with E-state index >= 15 is 0 Å². The Bertz CT molecular complexity index is 1190. The number of rotatable bonds is 8. The molecule has 1 aromatic heterocycles. The molecule has 0 saturated carbocycles. The summed E-state index contributed by atoms with van der Waals surface area (Å²) in [4.78, 5) is 25.8. The van der Waals surface area contributed by atoms with Crippen molar-refractivity contribution in [2.45, 2.75) is 11.6 Å². The van der Waals surface area contributed by atoms with Gasteiger partial charge < -0.3 is 29.3 Å². The van der Waals surface area contributed by atoms with Crippen molar-refractivity contribution in [3.63, 3.8) is 0 Å². The SMILES string of the molecule is COc1cccc(N2CCN(c3cc(SCC(=O)NCc4ccc5c(c4)OCO5)ncn3)CC2)c1. The molecule has 1 fully saturated rings. The van der Waals surface area contributed by atoms with Crippen LogP contribution >= 0.6 is 11.8 Å². The summed E-state index contributed by atoms with van der Waals surface area (Å²) in [6.45, 7) is 4.16. The van der Waals surface area contributed by atoms with Gasteiger partial charge in [0, 0.05) is 50.5 Å². The molecule has 10 heteroatoms. The minimum atomic E-state index is -0.0558. The molecule has 0 unspecified atom stereocenters. The molecule has 3 heterocycles. The minimum absolute atomic E-state index is 0.0558. The van der Waals surface area contributed by atoms with Crippen LogP contribution in [0.25, 0.3) is 0 Å². The highest BCUT2D eigenvalue weighted by Gasteiger charge is 2.19. The number of carbonyl (C=O) groups excluding carboxylic acids is 1. The number of nitrogens with one attached hydrogen (secondary N) is 1. The monoisotopic (exact) mass is 493 g/mol. The number of nitrogens with zero attached hydrogens (tertiary/aromatic N) is 4. The van der Waals surface area contributed by atoms with Gasteiger partial charge in [-0.25, -0.2) is 9.97 Å². The molecule has 0 atom stereocenters. The van der Waals surface area contributed by atoms with E-state index in [4.69, 9.17) is 14.2 Å². The summed E-state index contributed by atoms with van der Waals surface area (Å²) in [7, 11) is 1.69. The van der Waals surface area contributed by atoms with Gasteiger partial charge in [0.05, 0.1) is 12.9 Å². The number of aromatic nitrogens is 2. The van der Waals surface area contributed by atoms with E-state index in [1.807, 2.05) is 36.4 Å². The van der Waals surface area contributed by atoms with E-state index in [0.717, 1.165) is 59.8 Å². The van der Waals surface area contributed by atoms with Crippen molar-refractivity contribution in [3.8, 4) is 17.2 Å². The van der Waals surface area contributed by atoms with Gasteiger partial charge in [-0.1, -0.05) is 23.9 Å². The molecule has 0 aliphatic carbocycles. The van der Waals surface area contributed by atoms with Crippen molar-refractivity contribution in [2.24, 2.45) is 0 Å². The Hall–Kier alpha value is -3.66. The standard InChI is InChI=1S/C25H27N5O4S/c1-32-20-4-2-3-19(12-20)29-7-9-30(10-8-29)23-13-25(28-16-27-23)35-15-24(31)26-14-18-5-6-21-22(11-18)34-17-33-21/h2-6,11-13,16H,7-10,14-15,17H2,1H3,(H,26,31). The molecule has 1 N–H and O–H groups in total. The fourth-order valence-electron chi connectivity index (χ4n) is 4.02. The highest BCUT2D eigenvalue weighted by atomic mass is 32.2. The van der Waals surface area contributed by atoms with Crippen LogP contribution in [0.2, 0.25) is 0 Å². The molecule has 0 spiro atoms. The van der Waals surface area contributed by atoms with Crippen LogP contribution in [0.4, 0.5) is 11.5 Å². The number of thioether (sulfide) groups is 1. The minimum Gasteiger partial charge on any atom is -0.497 e. The second kappa shape index (κ2) is 10.7. The summed E-state index contributed by atoms with van der Waals surface area (Å²) in [6, 6.07) is 15.8. The molecule has 0 bridgehead atoms. The molecule has 35 heavy (non-hydrogen) atoms. The number of hydrogen-bond acceptors (Lipinski definition) is 9. The number of benzene rings is 2. The number of piperazine rings is 1. The largest absolute Gasteiger partial charge is 0.497 e. The van der Waals surface area contributed by atoms with Crippen LogP contribution in [0.15, 0.2) is 59.9 Å². The Kier molecular flexibility index (Phi) is 7.08. The van der Waals surface area contributed by atoms with Gasteiger partial charge in [-0.05, 0) is 29.8 Å². The molecule has 2 aliphatic rings. The van der Waals surface area contributed by atoms with E-state index in [-0.39, 0.29) is 18.5 Å². The summed E-state index contributed by atoms with van der Waals surface area (Å²) in [5.74, 6) is 3.42. The third-order valence-corrected chi connectivity index (χ3v) is 6.85. The number of methoxy groups -OCH3 is 1. The number of ether oxygens (including phenoxy) is 3. The van der Waals surface area contributed by atoms with Gasteiger partial charge in [0.1, 0.15) is 22.9 Å². The highest BCUT2D eigenvalue weighted by Crippen LogP contribution is 2.32. The number of carbonyl (C=O) groups is 1. The van der Waals surface area contributed by atoms with E-state index < -0.39 is 0 Å². The Balaban J connectivity index is 1.10. The zero-order chi connectivity index (χ0) is 24.0. The van der Waals surface area contributed by atoms with Crippen molar-refractivity contribution in [3.05, 3.63) is 60.4 Å². The topological polar surface area (TPSA) is 89.1 Å². The molecular weight excluding hydrogens is 466 g/mol. The molecule has 2 aliphatic heterocycles. The lowest BCUT2D eigenvalue weighted by Crippen LogP contribution is -2.46. The van der Waals surface area contributed by atoms with Crippen LogP contribution in [-0.4, -0.2) is 61.7 Å². The molecule has 3 aromatic rings. The average molecular weight is 494 g/mol. The van der Waals surface area contributed by atoms with Crippen molar-refractivity contribution >= 4 is 29.2 Å². The molecule has 5 rings (SSSR count). The van der Waals surface area contributed by atoms with Gasteiger partial charge in [0.15, 0.2) is 11.5 Å². The van der Waals surface area contributed by atoms with Crippen LogP contribution < -0.4 is 29.3 Å². The van der Waals surface area contributed by atoms with E-state index in [9.17, 15) is 4.79 Å². The van der Waals surface area contributed by atoms with Crippen molar-refractivity contribution in [1.29, 1.82) is 0 Å². The first kappa shape index (κ1) is 23.1. The van der Waals surface area contributed by atoms with Gasteiger partial charge >= 0.3 is 0 Å². The highest BCUT2D eigenvalue weighted by molar-refractivity contribution is 7.99. The summed E-state index contributed by atoms with van der Waals surface area (Å²) in [5.41, 5.74) is 2.12. The molecule has 9 nitrogen and oxygen atoms in total.